The first-order chi connectivity index (χ1) is 13.5. The van der Waals surface area contributed by atoms with E-state index in [1.165, 1.54) is 30.5 Å². The lowest BCUT2D eigenvalue weighted by molar-refractivity contribution is -0.156. The number of hydrogen-bond donors (Lipinski definition) is 1. The minimum absolute atomic E-state index is 0.126. The van der Waals surface area contributed by atoms with E-state index in [0.29, 0.717) is 17.7 Å². The van der Waals surface area contributed by atoms with Crippen molar-refractivity contribution in [3.8, 4) is 11.5 Å². The lowest BCUT2D eigenvalue weighted by Crippen LogP contribution is -2.69. The summed E-state index contributed by atoms with van der Waals surface area (Å²) in [5, 5.41) is 10.6. The molecule has 2 saturated carbocycles. The first-order valence-corrected chi connectivity index (χ1v) is 10.8. The van der Waals surface area contributed by atoms with Crippen molar-refractivity contribution in [2.24, 2.45) is 17.8 Å². The smallest absolute Gasteiger partial charge is 0.165 e. The molecule has 1 N–H and O–H groups in total. The van der Waals surface area contributed by atoms with Crippen LogP contribution in [0, 0.1) is 17.8 Å². The first kappa shape index (κ1) is 17.3. The molecule has 1 spiro atoms. The van der Waals surface area contributed by atoms with Gasteiger partial charge in [0, 0.05) is 36.6 Å². The molecule has 2 aliphatic heterocycles. The van der Waals surface area contributed by atoms with E-state index in [9.17, 15) is 9.90 Å². The van der Waals surface area contributed by atoms with Gasteiger partial charge in [0.05, 0.1) is 0 Å². The van der Waals surface area contributed by atoms with E-state index in [0.717, 1.165) is 31.7 Å². The highest BCUT2D eigenvalue weighted by atomic mass is 16.5. The second-order valence-corrected chi connectivity index (χ2v) is 9.75. The van der Waals surface area contributed by atoms with Crippen LogP contribution in [0.25, 0.3) is 0 Å². The van der Waals surface area contributed by atoms with E-state index in [1.807, 2.05) is 0 Å². The predicted octanol–water partition coefficient (Wildman–Crippen LogP) is 2.67. The van der Waals surface area contributed by atoms with Gasteiger partial charge in [0.15, 0.2) is 11.5 Å². The molecule has 6 rings (SSSR count). The third-order valence-corrected chi connectivity index (χ3v) is 8.46. The van der Waals surface area contributed by atoms with E-state index in [2.05, 4.69) is 11.0 Å². The molecule has 2 heterocycles. The Morgan fingerprint density at radius 2 is 2.21 bits per heavy atom. The van der Waals surface area contributed by atoms with Crippen LogP contribution < -0.4 is 4.74 Å². The Morgan fingerprint density at radius 1 is 1.39 bits per heavy atom. The number of phenolic OH excluding ortho intramolecular Hbond substituents is 1. The minimum atomic E-state index is -0.248. The highest BCUT2D eigenvalue weighted by molar-refractivity contribution is 5.80. The number of aromatic hydroxyl groups is 1. The molecule has 0 amide bonds. The highest BCUT2D eigenvalue weighted by Crippen LogP contribution is 2.65. The van der Waals surface area contributed by atoms with Crippen molar-refractivity contribution < 1.29 is 19.4 Å². The number of nitrogens with zero attached hydrogens (tertiary/aromatic N) is 1. The molecule has 150 valence electrons. The third-order valence-electron chi connectivity index (χ3n) is 8.46. The SMILES string of the molecule is COC1[C@@H](C(C)=O)CC2C3Cc4ccc(O)c5c4[C@@]2(CCN3CC2CC2)[C@H]1O5. The molecule has 1 aromatic rings. The van der Waals surface area contributed by atoms with Crippen LogP contribution in [0.5, 0.6) is 11.5 Å². The molecule has 0 aromatic heterocycles. The summed E-state index contributed by atoms with van der Waals surface area (Å²) in [5.41, 5.74) is 2.43. The number of ketones is 1. The Hall–Kier alpha value is -1.59. The van der Waals surface area contributed by atoms with Crippen LogP contribution in [0.1, 0.15) is 43.7 Å². The largest absolute Gasteiger partial charge is 0.504 e. The van der Waals surface area contributed by atoms with Crippen molar-refractivity contribution in [1.82, 2.24) is 4.90 Å². The molecule has 2 bridgehead atoms. The minimum Gasteiger partial charge on any atom is -0.504 e. The molecular formula is C23H29NO4. The number of likely N-dealkylation sites (tertiary alicyclic amines) is 1. The lowest BCUT2D eigenvalue weighted by Gasteiger charge is -2.60. The Bertz CT molecular complexity index is 849. The van der Waals surface area contributed by atoms with Crippen molar-refractivity contribution in [1.29, 1.82) is 0 Å². The maximum atomic E-state index is 12.6. The second-order valence-electron chi connectivity index (χ2n) is 9.75. The Labute approximate surface area is 166 Å². The van der Waals surface area contributed by atoms with E-state index in [-0.39, 0.29) is 35.1 Å². The zero-order valence-corrected chi connectivity index (χ0v) is 16.7. The molecule has 3 aliphatic carbocycles. The number of Topliss-reactive ketones (excluding diaryl/α,β-unsaturated/α-hetero) is 1. The first-order valence-electron chi connectivity index (χ1n) is 10.8. The molecule has 3 fully saturated rings. The summed E-state index contributed by atoms with van der Waals surface area (Å²) in [6.45, 7) is 3.97. The molecule has 0 radical (unpaired) electrons. The fourth-order valence-electron chi connectivity index (χ4n) is 7.11. The topological polar surface area (TPSA) is 59.0 Å². The molecule has 5 nitrogen and oxygen atoms in total. The van der Waals surface area contributed by atoms with Crippen LogP contribution in [0.4, 0.5) is 0 Å². The van der Waals surface area contributed by atoms with Gasteiger partial charge in [-0.15, -0.1) is 0 Å². The van der Waals surface area contributed by atoms with Crippen LogP contribution >= 0.6 is 0 Å². The average molecular weight is 383 g/mol. The van der Waals surface area contributed by atoms with E-state index in [4.69, 9.17) is 9.47 Å². The van der Waals surface area contributed by atoms with E-state index in [1.54, 1.807) is 20.1 Å². The predicted molar refractivity (Wildman–Crippen MR) is 104 cm³/mol. The molecule has 3 unspecified atom stereocenters. The fourth-order valence-corrected chi connectivity index (χ4v) is 7.11. The molecule has 1 aromatic carbocycles. The van der Waals surface area contributed by atoms with Gasteiger partial charge in [-0.1, -0.05) is 6.07 Å². The molecule has 6 atom stereocenters. The zero-order valence-electron chi connectivity index (χ0n) is 16.7. The summed E-state index contributed by atoms with van der Waals surface area (Å²) in [4.78, 5) is 15.3. The molecular weight excluding hydrogens is 354 g/mol. The van der Waals surface area contributed by atoms with Crippen molar-refractivity contribution in [2.45, 2.75) is 62.7 Å². The van der Waals surface area contributed by atoms with Gasteiger partial charge in [0.1, 0.15) is 18.0 Å². The summed E-state index contributed by atoms with van der Waals surface area (Å²) in [6.07, 6.45) is 5.19. The Kier molecular flexibility index (Phi) is 3.54. The third kappa shape index (κ3) is 2.07. The normalized spacial score (nSPS) is 40.7. The number of rotatable bonds is 4. The number of hydrogen-bond acceptors (Lipinski definition) is 5. The Morgan fingerprint density at radius 3 is 2.93 bits per heavy atom. The number of piperidine rings is 1. The van der Waals surface area contributed by atoms with Gasteiger partial charge in [-0.2, -0.15) is 0 Å². The van der Waals surface area contributed by atoms with Crippen molar-refractivity contribution in [3.63, 3.8) is 0 Å². The summed E-state index contributed by atoms with van der Waals surface area (Å²) < 4.78 is 12.4. The number of carbonyl (C=O) groups excluding carboxylic acids is 1. The van der Waals surface area contributed by atoms with Gasteiger partial charge in [0.25, 0.3) is 0 Å². The number of ether oxygens (including phenoxy) is 2. The van der Waals surface area contributed by atoms with Crippen LogP contribution in [-0.2, 0) is 21.4 Å². The number of benzene rings is 1. The number of methoxy groups -OCH3 is 1. The summed E-state index contributed by atoms with van der Waals surface area (Å²) in [6, 6.07) is 4.35. The molecule has 5 aliphatic rings. The van der Waals surface area contributed by atoms with Gasteiger partial charge in [0.2, 0.25) is 0 Å². The zero-order chi connectivity index (χ0) is 19.2. The van der Waals surface area contributed by atoms with Gasteiger partial charge in [-0.05, 0) is 69.0 Å². The molecule has 28 heavy (non-hydrogen) atoms. The van der Waals surface area contributed by atoms with Crippen molar-refractivity contribution >= 4 is 5.78 Å². The van der Waals surface area contributed by atoms with Crippen LogP contribution in [0.3, 0.4) is 0 Å². The van der Waals surface area contributed by atoms with Gasteiger partial charge in [-0.3, -0.25) is 9.69 Å². The van der Waals surface area contributed by atoms with E-state index >= 15 is 0 Å². The fraction of sp³-hybridized carbons (Fsp3) is 0.696. The Balaban J connectivity index is 1.52. The highest BCUT2D eigenvalue weighted by Gasteiger charge is 2.68. The van der Waals surface area contributed by atoms with Crippen LogP contribution in [-0.4, -0.2) is 54.2 Å². The second kappa shape index (κ2) is 5.73. The van der Waals surface area contributed by atoms with Crippen molar-refractivity contribution in [3.05, 3.63) is 23.3 Å². The van der Waals surface area contributed by atoms with Crippen LogP contribution in [0.2, 0.25) is 0 Å². The summed E-state index contributed by atoms with van der Waals surface area (Å²) in [5.74, 6) is 2.21. The monoisotopic (exact) mass is 383 g/mol. The molecule has 1 saturated heterocycles. The van der Waals surface area contributed by atoms with Gasteiger partial charge in [-0.25, -0.2) is 0 Å². The summed E-state index contributed by atoms with van der Waals surface area (Å²) in [7, 11) is 1.70. The van der Waals surface area contributed by atoms with Crippen LogP contribution in [0.15, 0.2) is 12.1 Å². The standard InChI is InChI=1S/C23H29NO4/c1-12(25)15-10-16-17-9-14-5-6-18(26)21-19(14)23(16,22(28-21)20(15)27-2)7-8-24(17)11-13-3-4-13/h5-6,13,15-17,20,22,26H,3-4,7-11H2,1-2H3/t15-,16?,17?,20?,22+,23+/m1/s1. The van der Waals surface area contributed by atoms with Crippen molar-refractivity contribution in [2.75, 3.05) is 20.2 Å². The quantitative estimate of drug-likeness (QED) is 0.866. The average Bonchev–Trinajstić information content (AvgIpc) is 3.42. The van der Waals surface area contributed by atoms with E-state index < -0.39 is 0 Å². The number of phenols is 1. The summed E-state index contributed by atoms with van der Waals surface area (Å²) >= 11 is 0. The lowest BCUT2D eigenvalue weighted by atomic mass is 9.49. The van der Waals surface area contributed by atoms with Gasteiger partial charge >= 0.3 is 0 Å². The maximum Gasteiger partial charge on any atom is 0.165 e. The maximum absolute atomic E-state index is 12.6. The number of carbonyl (C=O) groups is 1. The molecule has 5 heteroatoms. The van der Waals surface area contributed by atoms with Gasteiger partial charge < -0.3 is 14.6 Å².